The number of carbonyl (C=O) groups is 1. The first-order valence-corrected chi connectivity index (χ1v) is 10.6. The second-order valence-electron chi connectivity index (χ2n) is 8.01. The first-order valence-electron chi connectivity index (χ1n) is 10.6. The van der Waals surface area contributed by atoms with Crippen LogP contribution in [-0.4, -0.2) is 33.4 Å². The van der Waals surface area contributed by atoms with Crippen LogP contribution in [0, 0.1) is 19.7 Å². The summed E-state index contributed by atoms with van der Waals surface area (Å²) in [6.45, 7) is 6.69. The SMILES string of the molecule is CC[C@H]1CCCCN1C(=O)c1cnc2nc(C)ccc2c1Nc1cc(F)ccc1C. The molecule has 1 saturated heterocycles. The van der Waals surface area contributed by atoms with E-state index in [1.165, 1.54) is 12.1 Å². The summed E-state index contributed by atoms with van der Waals surface area (Å²) < 4.78 is 13.9. The Hall–Kier alpha value is -3.02. The van der Waals surface area contributed by atoms with Gasteiger partial charge in [-0.1, -0.05) is 13.0 Å². The molecule has 6 heteroatoms. The van der Waals surface area contributed by atoms with Crippen LogP contribution >= 0.6 is 0 Å². The zero-order valence-electron chi connectivity index (χ0n) is 17.7. The molecule has 0 radical (unpaired) electrons. The van der Waals surface area contributed by atoms with Crippen molar-refractivity contribution in [3.05, 3.63) is 59.2 Å². The lowest BCUT2D eigenvalue weighted by atomic mass is 9.98. The number of halogens is 1. The molecule has 1 aliphatic heterocycles. The molecule has 1 fully saturated rings. The van der Waals surface area contributed by atoms with Crippen molar-refractivity contribution in [1.29, 1.82) is 0 Å². The quantitative estimate of drug-likeness (QED) is 0.619. The maximum absolute atomic E-state index is 13.9. The summed E-state index contributed by atoms with van der Waals surface area (Å²) in [5.74, 6) is -0.363. The van der Waals surface area contributed by atoms with Gasteiger partial charge in [-0.2, -0.15) is 0 Å². The second kappa shape index (κ2) is 8.38. The zero-order valence-corrected chi connectivity index (χ0v) is 17.7. The third-order valence-electron chi connectivity index (χ3n) is 5.92. The molecule has 0 spiro atoms. The monoisotopic (exact) mass is 406 g/mol. The van der Waals surface area contributed by atoms with Crippen molar-refractivity contribution in [2.45, 2.75) is 52.5 Å². The van der Waals surface area contributed by atoms with Crippen LogP contribution in [0.2, 0.25) is 0 Å². The van der Waals surface area contributed by atoms with Crippen LogP contribution in [0.5, 0.6) is 0 Å². The third kappa shape index (κ3) is 3.86. The van der Waals surface area contributed by atoms with Crippen molar-refractivity contribution in [2.75, 3.05) is 11.9 Å². The first kappa shape index (κ1) is 20.3. The number of likely N-dealkylation sites (tertiary alicyclic amines) is 1. The molecule has 0 aliphatic carbocycles. The minimum absolute atomic E-state index is 0.0342. The van der Waals surface area contributed by atoms with Gasteiger partial charge >= 0.3 is 0 Å². The van der Waals surface area contributed by atoms with Crippen LogP contribution in [0.1, 0.15) is 54.2 Å². The van der Waals surface area contributed by atoms with Crippen LogP contribution in [0.4, 0.5) is 15.8 Å². The largest absolute Gasteiger partial charge is 0.354 e. The number of nitrogens with one attached hydrogen (secondary N) is 1. The molecule has 156 valence electrons. The number of piperidine rings is 1. The maximum Gasteiger partial charge on any atom is 0.257 e. The van der Waals surface area contributed by atoms with Gasteiger partial charge in [0.15, 0.2) is 5.65 Å². The summed E-state index contributed by atoms with van der Waals surface area (Å²) in [6.07, 6.45) is 5.72. The molecule has 1 N–H and O–H groups in total. The highest BCUT2D eigenvalue weighted by Crippen LogP contribution is 2.32. The Morgan fingerprint density at radius 3 is 2.87 bits per heavy atom. The molecule has 0 saturated carbocycles. The lowest BCUT2D eigenvalue weighted by Gasteiger charge is -2.35. The number of nitrogens with zero attached hydrogens (tertiary/aromatic N) is 3. The van der Waals surface area contributed by atoms with Gasteiger partial charge in [-0.25, -0.2) is 14.4 Å². The van der Waals surface area contributed by atoms with Crippen LogP contribution in [0.3, 0.4) is 0 Å². The smallest absolute Gasteiger partial charge is 0.257 e. The van der Waals surface area contributed by atoms with Gasteiger partial charge in [0, 0.05) is 35.6 Å². The number of carbonyl (C=O) groups excluding carboxylic acids is 1. The van der Waals surface area contributed by atoms with E-state index in [0.29, 0.717) is 22.6 Å². The van der Waals surface area contributed by atoms with E-state index in [4.69, 9.17) is 0 Å². The highest BCUT2D eigenvalue weighted by atomic mass is 19.1. The minimum atomic E-state index is -0.328. The summed E-state index contributed by atoms with van der Waals surface area (Å²) in [5, 5.41) is 4.08. The number of anilines is 2. The normalized spacial score (nSPS) is 16.7. The van der Waals surface area contributed by atoms with E-state index >= 15 is 0 Å². The van der Waals surface area contributed by atoms with Gasteiger partial charge in [0.05, 0.1) is 11.3 Å². The van der Waals surface area contributed by atoms with E-state index in [9.17, 15) is 9.18 Å². The summed E-state index contributed by atoms with van der Waals surface area (Å²) in [4.78, 5) is 24.6. The topological polar surface area (TPSA) is 58.1 Å². The number of pyridine rings is 2. The molecule has 3 heterocycles. The Morgan fingerprint density at radius 1 is 1.23 bits per heavy atom. The van der Waals surface area contributed by atoms with Crippen LogP contribution in [0.15, 0.2) is 36.5 Å². The lowest BCUT2D eigenvalue weighted by molar-refractivity contribution is 0.0609. The van der Waals surface area contributed by atoms with Crippen molar-refractivity contribution < 1.29 is 9.18 Å². The molecular weight excluding hydrogens is 379 g/mol. The Morgan fingerprint density at radius 2 is 2.07 bits per heavy atom. The fourth-order valence-electron chi connectivity index (χ4n) is 4.18. The van der Waals surface area contributed by atoms with E-state index in [-0.39, 0.29) is 17.8 Å². The lowest BCUT2D eigenvalue weighted by Crippen LogP contribution is -2.43. The number of hydrogen-bond donors (Lipinski definition) is 1. The Kier molecular flexibility index (Phi) is 5.66. The fourth-order valence-corrected chi connectivity index (χ4v) is 4.18. The molecule has 5 nitrogen and oxygen atoms in total. The van der Waals surface area contributed by atoms with E-state index in [0.717, 1.165) is 48.9 Å². The number of hydrogen-bond acceptors (Lipinski definition) is 4. The van der Waals surface area contributed by atoms with Crippen LogP contribution < -0.4 is 5.32 Å². The van der Waals surface area contributed by atoms with Crippen molar-refractivity contribution in [1.82, 2.24) is 14.9 Å². The van der Waals surface area contributed by atoms with E-state index in [2.05, 4.69) is 22.2 Å². The van der Waals surface area contributed by atoms with E-state index < -0.39 is 0 Å². The molecule has 1 aromatic carbocycles. The average molecular weight is 407 g/mol. The molecule has 4 rings (SSSR count). The Labute approximate surface area is 176 Å². The number of rotatable bonds is 4. The average Bonchev–Trinajstić information content (AvgIpc) is 2.75. The standard InChI is InChI=1S/C24H27FN4O/c1-4-18-7-5-6-12-29(18)24(30)20-14-26-23-19(11-9-16(3)27-23)22(20)28-21-13-17(25)10-8-15(21)2/h8-11,13-14,18H,4-7,12H2,1-3H3,(H,26,27,28)/t18-/m0/s1. The zero-order chi connectivity index (χ0) is 21.3. The highest BCUT2D eigenvalue weighted by molar-refractivity contribution is 6.07. The minimum Gasteiger partial charge on any atom is -0.354 e. The molecule has 30 heavy (non-hydrogen) atoms. The number of aromatic nitrogens is 2. The molecule has 1 amide bonds. The van der Waals surface area contributed by atoms with Crippen molar-refractivity contribution in [3.63, 3.8) is 0 Å². The van der Waals surface area contributed by atoms with Crippen LogP contribution in [-0.2, 0) is 0 Å². The van der Waals surface area contributed by atoms with Gasteiger partial charge in [-0.15, -0.1) is 0 Å². The summed E-state index contributed by atoms with van der Waals surface area (Å²) in [5.41, 5.74) is 4.06. The van der Waals surface area contributed by atoms with Gasteiger partial charge in [0.2, 0.25) is 0 Å². The van der Waals surface area contributed by atoms with Gasteiger partial charge in [0.25, 0.3) is 5.91 Å². The van der Waals surface area contributed by atoms with Gasteiger partial charge in [0.1, 0.15) is 5.82 Å². The van der Waals surface area contributed by atoms with E-state index in [1.54, 1.807) is 12.3 Å². The summed E-state index contributed by atoms with van der Waals surface area (Å²) >= 11 is 0. The van der Waals surface area contributed by atoms with Crippen molar-refractivity contribution in [3.8, 4) is 0 Å². The molecule has 0 bridgehead atoms. The fraction of sp³-hybridized carbons (Fsp3) is 0.375. The van der Waals surface area contributed by atoms with Gasteiger partial charge in [-0.3, -0.25) is 4.79 Å². The molecule has 2 aromatic heterocycles. The summed E-state index contributed by atoms with van der Waals surface area (Å²) in [7, 11) is 0. The maximum atomic E-state index is 13.9. The number of benzene rings is 1. The molecule has 0 unspecified atom stereocenters. The number of aryl methyl sites for hydroxylation is 2. The van der Waals surface area contributed by atoms with Crippen molar-refractivity contribution >= 4 is 28.3 Å². The predicted octanol–water partition coefficient (Wildman–Crippen LogP) is 5.53. The highest BCUT2D eigenvalue weighted by Gasteiger charge is 2.29. The predicted molar refractivity (Wildman–Crippen MR) is 118 cm³/mol. The number of fused-ring (bicyclic) bond motifs is 1. The Bertz CT molecular complexity index is 1100. The number of amides is 1. The molecule has 1 atom stereocenters. The van der Waals surface area contributed by atoms with Gasteiger partial charge in [-0.05, 0) is 69.4 Å². The molecule has 1 aliphatic rings. The van der Waals surface area contributed by atoms with Crippen molar-refractivity contribution in [2.24, 2.45) is 0 Å². The van der Waals surface area contributed by atoms with Gasteiger partial charge < -0.3 is 10.2 Å². The second-order valence-corrected chi connectivity index (χ2v) is 8.01. The first-order chi connectivity index (χ1) is 14.5. The molecular formula is C24H27FN4O. The molecule has 3 aromatic rings. The van der Waals surface area contributed by atoms with E-state index in [1.807, 2.05) is 30.9 Å². The van der Waals surface area contributed by atoms with Crippen LogP contribution in [0.25, 0.3) is 11.0 Å². The summed E-state index contributed by atoms with van der Waals surface area (Å²) in [6, 6.07) is 8.67. The Balaban J connectivity index is 1.84. The third-order valence-corrected chi connectivity index (χ3v) is 5.92.